The number of non-ortho nitro benzene ring substituents is 1. The first-order valence-electron chi connectivity index (χ1n) is 7.59. The lowest BCUT2D eigenvalue weighted by atomic mass is 10.1. The summed E-state index contributed by atoms with van der Waals surface area (Å²) in [6, 6.07) is 7.40. The van der Waals surface area contributed by atoms with Crippen LogP contribution in [0, 0.1) is 10.1 Å². The van der Waals surface area contributed by atoms with E-state index in [1.165, 1.54) is 19.2 Å². The summed E-state index contributed by atoms with van der Waals surface area (Å²) in [4.78, 5) is 34.0. The SMILES string of the molecule is COc1ccc([N+](=O)[O-])cc1NC(=O)COC(=O)c1ccccc1C(F)(F)F. The van der Waals surface area contributed by atoms with E-state index in [4.69, 9.17) is 4.74 Å². The molecule has 8 nitrogen and oxygen atoms in total. The van der Waals surface area contributed by atoms with Gasteiger partial charge in [-0.3, -0.25) is 14.9 Å². The lowest BCUT2D eigenvalue weighted by Gasteiger charge is -2.13. The molecule has 0 saturated carbocycles. The molecule has 148 valence electrons. The fourth-order valence-electron chi connectivity index (χ4n) is 2.21. The normalized spacial score (nSPS) is 10.9. The third kappa shape index (κ3) is 4.96. The summed E-state index contributed by atoms with van der Waals surface area (Å²) in [5, 5.41) is 13.1. The van der Waals surface area contributed by atoms with Crippen molar-refractivity contribution < 1.29 is 37.2 Å². The van der Waals surface area contributed by atoms with Crippen LogP contribution in [0.5, 0.6) is 5.75 Å². The van der Waals surface area contributed by atoms with Gasteiger partial charge in [0, 0.05) is 12.1 Å². The summed E-state index contributed by atoms with van der Waals surface area (Å²) in [5.74, 6) is -2.15. The number of carbonyl (C=O) groups excluding carboxylic acids is 2. The van der Waals surface area contributed by atoms with Crippen LogP contribution in [0.15, 0.2) is 42.5 Å². The third-order valence-electron chi connectivity index (χ3n) is 3.45. The van der Waals surface area contributed by atoms with E-state index in [1.807, 2.05) is 0 Å². The van der Waals surface area contributed by atoms with Crippen molar-refractivity contribution in [3.8, 4) is 5.75 Å². The molecular weight excluding hydrogens is 385 g/mol. The van der Waals surface area contributed by atoms with Crippen LogP contribution in [0.2, 0.25) is 0 Å². The number of anilines is 1. The van der Waals surface area contributed by atoms with E-state index in [9.17, 15) is 32.9 Å². The Hall–Kier alpha value is -3.63. The Morgan fingerprint density at radius 1 is 1.18 bits per heavy atom. The van der Waals surface area contributed by atoms with Crippen molar-refractivity contribution in [2.45, 2.75) is 6.18 Å². The third-order valence-corrected chi connectivity index (χ3v) is 3.45. The van der Waals surface area contributed by atoms with Crippen molar-refractivity contribution >= 4 is 23.3 Å². The van der Waals surface area contributed by atoms with Crippen molar-refractivity contribution in [1.82, 2.24) is 0 Å². The molecule has 2 rings (SSSR count). The molecule has 0 aliphatic heterocycles. The number of nitrogens with zero attached hydrogens (tertiary/aromatic N) is 1. The summed E-state index contributed by atoms with van der Waals surface area (Å²) in [6.45, 7) is -0.906. The molecule has 2 aromatic rings. The number of nitro benzene ring substituents is 1. The zero-order valence-corrected chi connectivity index (χ0v) is 14.3. The van der Waals surface area contributed by atoms with Gasteiger partial charge in [-0.25, -0.2) is 4.79 Å². The minimum absolute atomic E-state index is 0.0616. The van der Waals surface area contributed by atoms with Gasteiger partial charge in [-0.2, -0.15) is 13.2 Å². The molecule has 0 aromatic heterocycles. The maximum Gasteiger partial charge on any atom is 0.417 e. The van der Waals surface area contributed by atoms with Gasteiger partial charge in [-0.05, 0) is 18.2 Å². The highest BCUT2D eigenvalue weighted by molar-refractivity contribution is 5.97. The van der Waals surface area contributed by atoms with Gasteiger partial charge in [-0.1, -0.05) is 12.1 Å². The van der Waals surface area contributed by atoms with Gasteiger partial charge in [0.1, 0.15) is 5.75 Å². The molecular formula is C17H13F3N2O6. The van der Waals surface area contributed by atoms with E-state index >= 15 is 0 Å². The summed E-state index contributed by atoms with van der Waals surface area (Å²) >= 11 is 0. The lowest BCUT2D eigenvalue weighted by molar-refractivity contribution is -0.384. The molecule has 28 heavy (non-hydrogen) atoms. The fourth-order valence-corrected chi connectivity index (χ4v) is 2.21. The Morgan fingerprint density at radius 2 is 1.86 bits per heavy atom. The number of ether oxygens (including phenoxy) is 2. The Bertz CT molecular complexity index is 914. The van der Waals surface area contributed by atoms with Gasteiger partial charge in [0.15, 0.2) is 6.61 Å². The molecule has 0 atom stereocenters. The Morgan fingerprint density at radius 3 is 2.46 bits per heavy atom. The van der Waals surface area contributed by atoms with Crippen molar-refractivity contribution in [3.63, 3.8) is 0 Å². The van der Waals surface area contributed by atoms with E-state index in [2.05, 4.69) is 10.1 Å². The molecule has 0 spiro atoms. The van der Waals surface area contributed by atoms with Crippen molar-refractivity contribution in [3.05, 3.63) is 63.7 Å². The number of hydrogen-bond acceptors (Lipinski definition) is 6. The number of carbonyl (C=O) groups is 2. The predicted octanol–water partition coefficient (Wildman–Crippen LogP) is 3.42. The highest BCUT2D eigenvalue weighted by Crippen LogP contribution is 2.32. The number of esters is 1. The van der Waals surface area contributed by atoms with Crippen LogP contribution in [0.1, 0.15) is 15.9 Å². The summed E-state index contributed by atoms with van der Waals surface area (Å²) in [5.41, 5.74) is -2.32. The van der Waals surface area contributed by atoms with E-state index in [-0.39, 0.29) is 17.1 Å². The molecule has 0 heterocycles. The Kier molecular flexibility index (Phi) is 6.18. The summed E-state index contributed by atoms with van der Waals surface area (Å²) in [7, 11) is 1.27. The van der Waals surface area contributed by atoms with Crippen LogP contribution in [-0.4, -0.2) is 30.5 Å². The van der Waals surface area contributed by atoms with Crippen molar-refractivity contribution in [2.75, 3.05) is 19.0 Å². The quantitative estimate of drug-likeness (QED) is 0.454. The molecule has 0 unspecified atom stereocenters. The lowest BCUT2D eigenvalue weighted by Crippen LogP contribution is -2.22. The number of nitro groups is 1. The van der Waals surface area contributed by atoms with E-state index < -0.39 is 40.7 Å². The Balaban J connectivity index is 2.09. The van der Waals surface area contributed by atoms with Crippen LogP contribution < -0.4 is 10.1 Å². The largest absolute Gasteiger partial charge is 0.495 e. The van der Waals surface area contributed by atoms with Crippen LogP contribution >= 0.6 is 0 Å². The zero-order chi connectivity index (χ0) is 20.9. The first-order chi connectivity index (χ1) is 13.1. The van der Waals surface area contributed by atoms with Gasteiger partial charge >= 0.3 is 12.1 Å². The number of methoxy groups -OCH3 is 1. The maximum absolute atomic E-state index is 12.9. The van der Waals surface area contributed by atoms with Crippen molar-refractivity contribution in [1.29, 1.82) is 0 Å². The van der Waals surface area contributed by atoms with Crippen LogP contribution in [0.3, 0.4) is 0 Å². The number of halogens is 3. The number of alkyl halides is 3. The van der Waals surface area contributed by atoms with Gasteiger partial charge in [0.2, 0.25) is 0 Å². The van der Waals surface area contributed by atoms with Crippen LogP contribution in [0.25, 0.3) is 0 Å². The summed E-state index contributed by atoms with van der Waals surface area (Å²) in [6.07, 6.45) is -4.77. The van der Waals surface area contributed by atoms with E-state index in [0.717, 1.165) is 24.3 Å². The second-order valence-corrected chi connectivity index (χ2v) is 5.31. The number of hydrogen-bond donors (Lipinski definition) is 1. The van der Waals surface area contributed by atoms with Gasteiger partial charge in [0.05, 0.1) is 28.8 Å². The first kappa shape index (κ1) is 20.7. The second-order valence-electron chi connectivity index (χ2n) is 5.31. The molecule has 0 aliphatic rings. The van der Waals surface area contributed by atoms with Crippen molar-refractivity contribution in [2.24, 2.45) is 0 Å². The number of amides is 1. The number of benzene rings is 2. The van der Waals surface area contributed by atoms with Crippen LogP contribution in [0.4, 0.5) is 24.5 Å². The standard InChI is InChI=1S/C17H13F3N2O6/c1-27-14-7-6-10(22(25)26)8-13(14)21-15(23)9-28-16(24)11-4-2-3-5-12(11)17(18,19)20/h2-8H,9H2,1H3,(H,21,23). The molecule has 0 fully saturated rings. The van der Waals surface area contributed by atoms with Gasteiger partial charge in [0.25, 0.3) is 11.6 Å². The topological polar surface area (TPSA) is 108 Å². The molecule has 11 heteroatoms. The number of nitrogens with one attached hydrogen (secondary N) is 1. The number of rotatable bonds is 6. The highest BCUT2D eigenvalue weighted by atomic mass is 19.4. The average molecular weight is 398 g/mol. The van der Waals surface area contributed by atoms with Gasteiger partial charge in [-0.15, -0.1) is 0 Å². The molecule has 2 aromatic carbocycles. The first-order valence-corrected chi connectivity index (χ1v) is 7.59. The predicted molar refractivity (Wildman–Crippen MR) is 90.0 cm³/mol. The minimum atomic E-state index is -4.77. The maximum atomic E-state index is 12.9. The van der Waals surface area contributed by atoms with Crippen LogP contribution in [-0.2, 0) is 15.7 Å². The summed E-state index contributed by atoms with van der Waals surface area (Å²) < 4.78 is 48.4. The molecule has 1 N–H and O–H groups in total. The smallest absolute Gasteiger partial charge is 0.417 e. The monoisotopic (exact) mass is 398 g/mol. The average Bonchev–Trinajstić information content (AvgIpc) is 2.65. The highest BCUT2D eigenvalue weighted by Gasteiger charge is 2.35. The van der Waals surface area contributed by atoms with Gasteiger partial charge < -0.3 is 14.8 Å². The molecule has 0 bridgehead atoms. The van der Waals surface area contributed by atoms with E-state index in [1.54, 1.807) is 0 Å². The molecule has 0 saturated heterocycles. The zero-order valence-electron chi connectivity index (χ0n) is 14.3. The fraction of sp³-hybridized carbons (Fsp3) is 0.176. The van der Waals surface area contributed by atoms with E-state index in [0.29, 0.717) is 6.07 Å². The minimum Gasteiger partial charge on any atom is -0.495 e. The molecule has 1 amide bonds. The molecule has 0 radical (unpaired) electrons. The second kappa shape index (κ2) is 8.37. The Labute approximate surface area is 156 Å². The molecule has 0 aliphatic carbocycles.